The van der Waals surface area contributed by atoms with E-state index in [9.17, 15) is 8.42 Å². The highest BCUT2D eigenvalue weighted by Crippen LogP contribution is 2.37. The van der Waals surface area contributed by atoms with Crippen LogP contribution in [0.2, 0.25) is 10.0 Å². The molecule has 0 fully saturated rings. The fourth-order valence-electron chi connectivity index (χ4n) is 2.64. The zero-order valence-corrected chi connectivity index (χ0v) is 15.1. The van der Waals surface area contributed by atoms with E-state index in [1.54, 1.807) is 37.3 Å². The smallest absolute Gasteiger partial charge is 0.268 e. The number of fused-ring (bicyclic) bond motifs is 1. The quantitative estimate of drug-likeness (QED) is 0.656. The summed E-state index contributed by atoms with van der Waals surface area (Å²) < 4.78 is 33.0. The first-order valence-corrected chi connectivity index (χ1v) is 9.29. The van der Waals surface area contributed by atoms with Crippen molar-refractivity contribution < 1.29 is 13.2 Å². The van der Waals surface area contributed by atoms with E-state index in [0.29, 0.717) is 32.4 Å². The Hall–Kier alpha value is -1.69. The van der Waals surface area contributed by atoms with Gasteiger partial charge in [-0.05, 0) is 56.3 Å². The van der Waals surface area contributed by atoms with Crippen LogP contribution in [0.4, 0.5) is 0 Å². The molecule has 24 heavy (non-hydrogen) atoms. The first-order chi connectivity index (χ1) is 11.4. The Morgan fingerprint density at radius 3 is 2.33 bits per heavy atom. The van der Waals surface area contributed by atoms with Gasteiger partial charge in [0.15, 0.2) is 0 Å². The number of nitrogens with zero attached hydrogens (tertiary/aromatic N) is 1. The van der Waals surface area contributed by atoms with Gasteiger partial charge in [0, 0.05) is 15.4 Å². The number of hydrogen-bond acceptors (Lipinski definition) is 3. The molecule has 4 nitrogen and oxygen atoms in total. The summed E-state index contributed by atoms with van der Waals surface area (Å²) >= 11 is 11.9. The van der Waals surface area contributed by atoms with Crippen LogP contribution in [0.5, 0.6) is 5.75 Å². The maximum Gasteiger partial charge on any atom is 0.268 e. The van der Waals surface area contributed by atoms with Gasteiger partial charge < -0.3 is 4.74 Å². The lowest BCUT2D eigenvalue weighted by Gasteiger charge is -2.10. The zero-order valence-electron chi connectivity index (χ0n) is 12.8. The van der Waals surface area contributed by atoms with Gasteiger partial charge in [-0.25, -0.2) is 12.4 Å². The topological polar surface area (TPSA) is 48.3 Å². The van der Waals surface area contributed by atoms with Gasteiger partial charge in [-0.1, -0.05) is 23.2 Å². The highest BCUT2D eigenvalue weighted by atomic mass is 35.5. The molecule has 0 saturated carbocycles. The highest BCUT2D eigenvalue weighted by Gasteiger charge is 2.25. The molecular weight excluding hydrogens is 369 g/mol. The van der Waals surface area contributed by atoms with E-state index in [4.69, 9.17) is 27.9 Å². The van der Waals surface area contributed by atoms with Gasteiger partial charge in [-0.3, -0.25) is 0 Å². The summed E-state index contributed by atoms with van der Waals surface area (Å²) in [6.45, 7) is 5.52. The number of benzene rings is 2. The summed E-state index contributed by atoms with van der Waals surface area (Å²) in [4.78, 5) is 0.142. The molecule has 0 bridgehead atoms. The molecule has 0 aliphatic heterocycles. The van der Waals surface area contributed by atoms with E-state index >= 15 is 0 Å². The average molecular weight is 383 g/mol. The van der Waals surface area contributed by atoms with Crippen molar-refractivity contribution >= 4 is 44.1 Å². The molecule has 1 heterocycles. The first-order valence-electron chi connectivity index (χ1n) is 7.10. The van der Waals surface area contributed by atoms with Crippen LogP contribution in [-0.4, -0.2) is 19.0 Å². The molecule has 0 amide bonds. The van der Waals surface area contributed by atoms with Crippen molar-refractivity contribution in [2.75, 3.05) is 6.61 Å². The van der Waals surface area contributed by atoms with E-state index in [0.717, 1.165) is 0 Å². The number of ether oxygens (including phenoxy) is 1. The molecule has 0 unspecified atom stereocenters. The average Bonchev–Trinajstić information content (AvgIpc) is 2.81. The summed E-state index contributed by atoms with van der Waals surface area (Å²) in [5.41, 5.74) is 0.959. The molecule has 0 aliphatic carbocycles. The summed E-state index contributed by atoms with van der Waals surface area (Å²) in [6, 6.07) is 11.0. The third kappa shape index (κ3) is 2.77. The minimum Gasteiger partial charge on any atom is -0.491 e. The van der Waals surface area contributed by atoms with E-state index in [2.05, 4.69) is 6.92 Å². The number of rotatable bonds is 4. The van der Waals surface area contributed by atoms with E-state index in [1.807, 2.05) is 0 Å². The Morgan fingerprint density at radius 1 is 1.08 bits per heavy atom. The van der Waals surface area contributed by atoms with Gasteiger partial charge in [0.25, 0.3) is 10.0 Å². The maximum atomic E-state index is 13.1. The minimum absolute atomic E-state index is 0.142. The fraction of sp³-hybridized carbons (Fsp3) is 0.118. The molecular formula is C17H14Cl2NO3S. The summed E-state index contributed by atoms with van der Waals surface area (Å²) in [5.74, 6) is 0.458. The summed E-state index contributed by atoms with van der Waals surface area (Å²) in [5, 5.41) is 1.59. The second-order valence-corrected chi connectivity index (χ2v) is 7.81. The number of hydrogen-bond donors (Lipinski definition) is 0. The Balaban J connectivity index is 2.33. The predicted molar refractivity (Wildman–Crippen MR) is 96.6 cm³/mol. The molecule has 1 radical (unpaired) electrons. The summed E-state index contributed by atoms with van der Waals surface area (Å²) in [6.07, 6.45) is 0. The molecule has 3 aromatic rings. The molecule has 0 saturated heterocycles. The SMILES string of the molecule is [CH2]COc1c(C)n(S(=O)(=O)c2ccc(Cl)cc2)c2ccc(Cl)cc12. The monoisotopic (exact) mass is 382 g/mol. The third-order valence-corrected chi connectivity index (χ3v) is 5.96. The minimum atomic E-state index is -3.81. The van der Waals surface area contributed by atoms with Crippen LogP contribution in [0.1, 0.15) is 5.69 Å². The van der Waals surface area contributed by atoms with E-state index in [-0.39, 0.29) is 11.5 Å². The van der Waals surface area contributed by atoms with Crippen molar-refractivity contribution in [2.24, 2.45) is 0 Å². The van der Waals surface area contributed by atoms with Crippen molar-refractivity contribution in [3.8, 4) is 5.75 Å². The lowest BCUT2D eigenvalue weighted by atomic mass is 10.2. The highest BCUT2D eigenvalue weighted by molar-refractivity contribution is 7.90. The van der Waals surface area contributed by atoms with Crippen molar-refractivity contribution in [3.05, 3.63) is 65.1 Å². The van der Waals surface area contributed by atoms with Crippen molar-refractivity contribution in [3.63, 3.8) is 0 Å². The van der Waals surface area contributed by atoms with Crippen LogP contribution in [0.15, 0.2) is 47.4 Å². The normalized spacial score (nSPS) is 11.8. The Kier molecular flexibility index (Phi) is 4.51. The Bertz CT molecular complexity index is 1010. The van der Waals surface area contributed by atoms with Crippen LogP contribution >= 0.6 is 23.2 Å². The van der Waals surface area contributed by atoms with E-state index in [1.165, 1.54) is 16.1 Å². The predicted octanol–water partition coefficient (Wildman–Crippen LogP) is 4.71. The van der Waals surface area contributed by atoms with Gasteiger partial charge in [0.2, 0.25) is 0 Å². The zero-order chi connectivity index (χ0) is 17.5. The van der Waals surface area contributed by atoms with E-state index < -0.39 is 10.0 Å². The molecule has 0 spiro atoms. The molecule has 7 heteroatoms. The summed E-state index contributed by atoms with van der Waals surface area (Å²) in [7, 11) is -3.81. The van der Waals surface area contributed by atoms with Gasteiger partial charge in [-0.15, -0.1) is 0 Å². The van der Waals surface area contributed by atoms with Gasteiger partial charge in [0.1, 0.15) is 5.75 Å². The Morgan fingerprint density at radius 2 is 1.71 bits per heavy atom. The molecule has 1 aromatic heterocycles. The van der Waals surface area contributed by atoms with Crippen LogP contribution in [0.3, 0.4) is 0 Å². The first kappa shape index (κ1) is 17.1. The third-order valence-electron chi connectivity index (χ3n) is 3.65. The lowest BCUT2D eigenvalue weighted by molar-refractivity contribution is 0.362. The molecule has 3 rings (SSSR count). The van der Waals surface area contributed by atoms with Gasteiger partial charge in [0.05, 0.1) is 22.7 Å². The van der Waals surface area contributed by atoms with Crippen LogP contribution < -0.4 is 4.74 Å². The Labute approximate surface area is 150 Å². The molecule has 125 valence electrons. The van der Waals surface area contributed by atoms with Crippen molar-refractivity contribution in [2.45, 2.75) is 11.8 Å². The number of halogens is 2. The van der Waals surface area contributed by atoms with Gasteiger partial charge >= 0.3 is 0 Å². The van der Waals surface area contributed by atoms with Gasteiger partial charge in [-0.2, -0.15) is 0 Å². The molecule has 0 aliphatic rings. The molecule has 0 N–H and O–H groups in total. The molecule has 2 aromatic carbocycles. The van der Waals surface area contributed by atoms with Crippen LogP contribution in [0.25, 0.3) is 10.9 Å². The molecule has 0 atom stereocenters. The van der Waals surface area contributed by atoms with Crippen molar-refractivity contribution in [1.82, 2.24) is 3.97 Å². The standard InChI is InChI=1S/C17H14Cl2NO3S/c1-3-23-17-11(2)20(16-9-6-13(19)10-15(16)17)24(21,22)14-7-4-12(18)5-8-14/h4-10H,1,3H2,2H3. The lowest BCUT2D eigenvalue weighted by Crippen LogP contribution is -2.14. The number of aromatic nitrogens is 1. The van der Waals surface area contributed by atoms with Crippen LogP contribution in [-0.2, 0) is 10.0 Å². The second kappa shape index (κ2) is 6.31. The largest absolute Gasteiger partial charge is 0.491 e. The fourth-order valence-corrected chi connectivity index (χ4v) is 4.49. The maximum absolute atomic E-state index is 13.1. The second-order valence-electron chi connectivity index (χ2n) is 5.15. The van der Waals surface area contributed by atoms with Crippen LogP contribution in [0, 0.1) is 13.8 Å². The van der Waals surface area contributed by atoms with Crippen molar-refractivity contribution in [1.29, 1.82) is 0 Å².